The van der Waals surface area contributed by atoms with E-state index in [2.05, 4.69) is 10.2 Å². The Morgan fingerprint density at radius 1 is 0.697 bits per heavy atom. The van der Waals surface area contributed by atoms with Crippen molar-refractivity contribution in [2.45, 2.75) is 11.8 Å². The molecule has 0 saturated carbocycles. The predicted octanol–water partition coefficient (Wildman–Crippen LogP) is 5.03. The van der Waals surface area contributed by atoms with Crippen molar-refractivity contribution < 1.29 is 18.9 Å². The van der Waals surface area contributed by atoms with Gasteiger partial charge in [0.15, 0.2) is 11.0 Å². The normalized spacial score (nSPS) is 10.6. The van der Waals surface area contributed by atoms with Gasteiger partial charge in [0, 0.05) is 11.4 Å². The summed E-state index contributed by atoms with van der Waals surface area (Å²) in [5.74, 6) is 4.56. The minimum absolute atomic E-state index is 0.289. The molecule has 170 valence electrons. The molecule has 0 spiro atoms. The van der Waals surface area contributed by atoms with Crippen LogP contribution in [-0.2, 0) is 6.61 Å². The lowest BCUT2D eigenvalue weighted by Gasteiger charge is -2.12. The number of nitrogens with zero attached hydrogens (tertiary/aromatic N) is 3. The zero-order valence-corrected chi connectivity index (χ0v) is 19.3. The molecular weight excluding hydrogens is 438 g/mol. The molecule has 0 N–H and O–H groups in total. The van der Waals surface area contributed by atoms with Gasteiger partial charge < -0.3 is 18.9 Å². The zero-order valence-electron chi connectivity index (χ0n) is 18.5. The molecular formula is C25H25N3O4S. The van der Waals surface area contributed by atoms with Gasteiger partial charge in [0.2, 0.25) is 0 Å². The summed E-state index contributed by atoms with van der Waals surface area (Å²) in [5, 5.41) is 9.57. The van der Waals surface area contributed by atoms with Crippen LogP contribution in [0.15, 0.2) is 84.0 Å². The summed E-state index contributed by atoms with van der Waals surface area (Å²) >= 11 is 1.58. The number of hydrogen-bond donors (Lipinski definition) is 0. The molecule has 0 aliphatic rings. The summed E-state index contributed by atoms with van der Waals surface area (Å²) in [5.41, 5.74) is 0.981. The van der Waals surface area contributed by atoms with Gasteiger partial charge in [-0.1, -0.05) is 30.0 Å². The first-order valence-corrected chi connectivity index (χ1v) is 11.4. The molecule has 0 fully saturated rings. The van der Waals surface area contributed by atoms with Gasteiger partial charge in [-0.15, -0.1) is 10.2 Å². The van der Waals surface area contributed by atoms with Crippen LogP contribution in [0.3, 0.4) is 0 Å². The van der Waals surface area contributed by atoms with Crippen molar-refractivity contribution in [3.63, 3.8) is 0 Å². The van der Waals surface area contributed by atoms with E-state index in [0.717, 1.165) is 45.4 Å². The second kappa shape index (κ2) is 11.3. The number of benzene rings is 3. The van der Waals surface area contributed by atoms with Crippen LogP contribution in [0.5, 0.6) is 23.0 Å². The Bertz CT molecular complexity index is 1130. The van der Waals surface area contributed by atoms with E-state index < -0.39 is 0 Å². The Morgan fingerprint density at radius 3 is 1.88 bits per heavy atom. The molecule has 0 amide bonds. The van der Waals surface area contributed by atoms with Crippen molar-refractivity contribution in [3.05, 3.63) is 84.7 Å². The molecule has 0 unspecified atom stereocenters. The number of ether oxygens (including phenoxy) is 4. The fourth-order valence-electron chi connectivity index (χ4n) is 3.11. The van der Waals surface area contributed by atoms with E-state index in [1.165, 1.54) is 0 Å². The highest BCUT2D eigenvalue weighted by atomic mass is 32.2. The highest BCUT2D eigenvalue weighted by Gasteiger charge is 2.15. The Hall–Kier alpha value is -3.65. The van der Waals surface area contributed by atoms with E-state index in [-0.39, 0.29) is 6.61 Å². The second-order valence-electron chi connectivity index (χ2n) is 6.91. The summed E-state index contributed by atoms with van der Waals surface area (Å²) < 4.78 is 24.2. The van der Waals surface area contributed by atoms with Gasteiger partial charge in [-0.2, -0.15) is 0 Å². The molecule has 0 aliphatic carbocycles. The number of methoxy groups -OCH3 is 2. The Morgan fingerprint density at radius 2 is 1.27 bits per heavy atom. The molecule has 33 heavy (non-hydrogen) atoms. The third-order valence-electron chi connectivity index (χ3n) is 4.78. The van der Waals surface area contributed by atoms with Crippen molar-refractivity contribution in [2.75, 3.05) is 26.6 Å². The first-order valence-electron chi connectivity index (χ1n) is 10.4. The van der Waals surface area contributed by atoms with Crippen molar-refractivity contribution in [2.24, 2.45) is 0 Å². The van der Waals surface area contributed by atoms with Crippen molar-refractivity contribution in [3.8, 4) is 28.7 Å². The summed E-state index contributed by atoms with van der Waals surface area (Å²) in [4.78, 5) is 0. The van der Waals surface area contributed by atoms with Gasteiger partial charge >= 0.3 is 0 Å². The van der Waals surface area contributed by atoms with Gasteiger partial charge in [0.05, 0.1) is 20.8 Å². The van der Waals surface area contributed by atoms with E-state index in [4.69, 9.17) is 18.9 Å². The molecule has 1 aromatic heterocycles. The summed E-state index contributed by atoms with van der Waals surface area (Å²) in [6.07, 6.45) is 0. The maximum Gasteiger partial charge on any atom is 0.196 e. The number of rotatable bonds is 11. The van der Waals surface area contributed by atoms with Crippen molar-refractivity contribution in [1.29, 1.82) is 0 Å². The predicted molar refractivity (Wildman–Crippen MR) is 128 cm³/mol. The van der Waals surface area contributed by atoms with E-state index in [1.54, 1.807) is 26.0 Å². The second-order valence-corrected chi connectivity index (χ2v) is 7.97. The molecule has 3 aromatic carbocycles. The fraction of sp³-hybridized carbons (Fsp3) is 0.200. The third-order valence-corrected chi connectivity index (χ3v) is 5.68. The van der Waals surface area contributed by atoms with Crippen LogP contribution in [0.2, 0.25) is 0 Å². The minimum atomic E-state index is 0.289. The van der Waals surface area contributed by atoms with Crippen LogP contribution in [-0.4, -0.2) is 41.3 Å². The fourth-order valence-corrected chi connectivity index (χ4v) is 3.90. The summed E-state index contributed by atoms with van der Waals surface area (Å²) in [7, 11) is 3.28. The lowest BCUT2D eigenvalue weighted by molar-refractivity contribution is 0.292. The highest BCUT2D eigenvalue weighted by molar-refractivity contribution is 7.99. The number of para-hydroxylation sites is 1. The standard InChI is InChI=1S/C25H25N3O4S/c1-29-20-8-12-22(13-9-20)31-16-17-33-25-27-26-24(28(25)19-6-4-3-5-7-19)18-32-23-14-10-21(30-2)11-15-23/h3-15H,16-18H2,1-2H3. The molecule has 0 bridgehead atoms. The van der Waals surface area contributed by atoms with Gasteiger partial charge in [0.1, 0.15) is 29.6 Å². The monoisotopic (exact) mass is 463 g/mol. The Labute approximate surface area is 197 Å². The van der Waals surface area contributed by atoms with Crippen molar-refractivity contribution >= 4 is 11.8 Å². The van der Waals surface area contributed by atoms with E-state index in [1.807, 2.05) is 83.4 Å². The molecule has 8 heteroatoms. The van der Waals surface area contributed by atoms with Crippen LogP contribution < -0.4 is 18.9 Å². The maximum absolute atomic E-state index is 5.95. The number of aromatic nitrogens is 3. The first-order chi connectivity index (χ1) is 16.3. The minimum Gasteiger partial charge on any atom is -0.497 e. The Kier molecular flexibility index (Phi) is 7.71. The molecule has 1 heterocycles. The van der Waals surface area contributed by atoms with Gasteiger partial charge in [-0.05, 0) is 60.7 Å². The van der Waals surface area contributed by atoms with Crippen molar-refractivity contribution in [1.82, 2.24) is 14.8 Å². The number of hydrogen-bond acceptors (Lipinski definition) is 7. The van der Waals surface area contributed by atoms with E-state index in [0.29, 0.717) is 6.61 Å². The maximum atomic E-state index is 5.95. The molecule has 0 aliphatic heterocycles. The van der Waals surface area contributed by atoms with E-state index in [9.17, 15) is 0 Å². The molecule has 4 aromatic rings. The topological polar surface area (TPSA) is 67.6 Å². The first kappa shape index (κ1) is 22.5. The third kappa shape index (κ3) is 5.98. The van der Waals surface area contributed by atoms with Crippen LogP contribution in [0, 0.1) is 0 Å². The largest absolute Gasteiger partial charge is 0.497 e. The zero-order chi connectivity index (χ0) is 22.9. The Balaban J connectivity index is 1.41. The molecule has 0 radical (unpaired) electrons. The van der Waals surface area contributed by atoms with Crippen LogP contribution in [0.4, 0.5) is 0 Å². The van der Waals surface area contributed by atoms with Gasteiger partial charge in [-0.25, -0.2) is 0 Å². The average Bonchev–Trinajstić information content (AvgIpc) is 3.29. The average molecular weight is 464 g/mol. The van der Waals surface area contributed by atoms with Crippen LogP contribution in [0.25, 0.3) is 5.69 Å². The SMILES string of the molecule is COc1ccc(OCCSc2nnc(COc3ccc(OC)cc3)n2-c2ccccc2)cc1. The molecule has 4 rings (SSSR count). The quantitative estimate of drug-likeness (QED) is 0.228. The number of thioether (sulfide) groups is 1. The smallest absolute Gasteiger partial charge is 0.196 e. The molecule has 0 atom stereocenters. The molecule has 7 nitrogen and oxygen atoms in total. The van der Waals surface area contributed by atoms with Gasteiger partial charge in [-0.3, -0.25) is 4.57 Å². The molecule has 0 saturated heterocycles. The van der Waals surface area contributed by atoms with Crippen LogP contribution in [0.1, 0.15) is 5.82 Å². The summed E-state index contributed by atoms with van der Waals surface area (Å²) in [6.45, 7) is 0.827. The van der Waals surface area contributed by atoms with Crippen LogP contribution >= 0.6 is 11.8 Å². The lowest BCUT2D eigenvalue weighted by Crippen LogP contribution is -2.07. The highest BCUT2D eigenvalue weighted by Crippen LogP contribution is 2.24. The lowest BCUT2D eigenvalue weighted by atomic mass is 10.3. The summed E-state index contributed by atoms with van der Waals surface area (Å²) in [6, 6.07) is 25.0. The van der Waals surface area contributed by atoms with Gasteiger partial charge in [0.25, 0.3) is 0 Å². The van der Waals surface area contributed by atoms with E-state index >= 15 is 0 Å².